The Kier molecular flexibility index (Phi) is 5.70. The highest BCUT2D eigenvalue weighted by molar-refractivity contribution is 7.90. The first-order chi connectivity index (χ1) is 15.7. The number of fused-ring (bicyclic) bond motifs is 1. The zero-order valence-corrected chi connectivity index (χ0v) is 17.9. The molecule has 2 aromatic carbocycles. The first kappa shape index (κ1) is 21.8. The first-order valence-electron chi connectivity index (χ1n) is 9.40. The highest BCUT2D eigenvalue weighted by Gasteiger charge is 2.23. The van der Waals surface area contributed by atoms with Gasteiger partial charge in [-0.25, -0.2) is 18.4 Å². The molecule has 0 fully saturated rings. The van der Waals surface area contributed by atoms with E-state index in [9.17, 15) is 23.3 Å². The van der Waals surface area contributed by atoms with Gasteiger partial charge in [0.2, 0.25) is 11.8 Å². The molecule has 0 saturated carbocycles. The number of rotatable bonds is 7. The lowest BCUT2D eigenvalue weighted by molar-refractivity contribution is -0.385. The number of ether oxygens (including phenoxy) is 1. The topological polar surface area (TPSA) is 170 Å². The van der Waals surface area contributed by atoms with Crippen LogP contribution < -0.4 is 15.6 Å². The van der Waals surface area contributed by atoms with Crippen LogP contribution in [0.5, 0.6) is 5.88 Å². The van der Waals surface area contributed by atoms with Gasteiger partial charge in [0, 0.05) is 12.1 Å². The van der Waals surface area contributed by atoms with Gasteiger partial charge < -0.3 is 10.1 Å². The maximum absolute atomic E-state index is 13.1. The molecule has 0 radical (unpaired) electrons. The van der Waals surface area contributed by atoms with Crippen molar-refractivity contribution in [2.24, 2.45) is 0 Å². The van der Waals surface area contributed by atoms with Crippen molar-refractivity contribution in [2.45, 2.75) is 10.6 Å². The molecular weight excluding hydrogens is 452 g/mol. The molecule has 0 bridgehead atoms. The second kappa shape index (κ2) is 8.63. The third kappa shape index (κ3) is 4.77. The molecule has 0 amide bonds. The molecule has 2 N–H and O–H groups in total. The van der Waals surface area contributed by atoms with Crippen LogP contribution in [-0.4, -0.2) is 40.4 Å². The average Bonchev–Trinajstić information content (AvgIpc) is 2.79. The Morgan fingerprint density at radius 3 is 2.48 bits per heavy atom. The SMILES string of the molecule is COc1cc(=O)[nH]c(Nc2nc3ccccc3nc2CS(=O)(=O)c2cccc([N+](=O)[O-])c2)n1. The molecule has 0 aliphatic rings. The van der Waals surface area contributed by atoms with Crippen LogP contribution in [0.2, 0.25) is 0 Å². The fourth-order valence-electron chi connectivity index (χ4n) is 3.00. The van der Waals surface area contributed by atoms with E-state index in [-0.39, 0.29) is 33.9 Å². The van der Waals surface area contributed by atoms with Crippen molar-refractivity contribution < 1.29 is 18.1 Å². The summed E-state index contributed by atoms with van der Waals surface area (Å²) in [6.45, 7) is 0. The van der Waals surface area contributed by atoms with E-state index >= 15 is 0 Å². The van der Waals surface area contributed by atoms with Gasteiger partial charge in [0.25, 0.3) is 11.2 Å². The van der Waals surface area contributed by atoms with E-state index in [1.54, 1.807) is 24.3 Å². The van der Waals surface area contributed by atoms with E-state index in [2.05, 4.69) is 25.3 Å². The van der Waals surface area contributed by atoms with Crippen molar-refractivity contribution in [3.8, 4) is 5.88 Å². The summed E-state index contributed by atoms with van der Waals surface area (Å²) in [6.07, 6.45) is 0. The predicted octanol–water partition coefficient (Wildman–Crippen LogP) is 2.35. The van der Waals surface area contributed by atoms with Crippen LogP contribution >= 0.6 is 0 Å². The molecule has 4 rings (SSSR count). The minimum Gasteiger partial charge on any atom is -0.481 e. The van der Waals surface area contributed by atoms with Gasteiger partial charge in [-0.05, 0) is 18.2 Å². The van der Waals surface area contributed by atoms with Gasteiger partial charge in [-0.2, -0.15) is 4.98 Å². The summed E-state index contributed by atoms with van der Waals surface area (Å²) in [6, 6.07) is 12.7. The molecule has 2 heterocycles. The number of methoxy groups -OCH3 is 1. The van der Waals surface area contributed by atoms with Gasteiger partial charge in [0.05, 0.1) is 39.7 Å². The van der Waals surface area contributed by atoms with Gasteiger partial charge in [-0.3, -0.25) is 19.9 Å². The van der Waals surface area contributed by atoms with Gasteiger partial charge in [-0.15, -0.1) is 0 Å². The lowest BCUT2D eigenvalue weighted by Crippen LogP contribution is -2.14. The number of H-pyrrole nitrogens is 1. The number of sulfone groups is 1. The van der Waals surface area contributed by atoms with Gasteiger partial charge in [0.15, 0.2) is 15.7 Å². The highest BCUT2D eigenvalue weighted by Crippen LogP contribution is 2.26. The highest BCUT2D eigenvalue weighted by atomic mass is 32.2. The summed E-state index contributed by atoms with van der Waals surface area (Å²) < 4.78 is 31.1. The number of hydrogen-bond donors (Lipinski definition) is 2. The van der Waals surface area contributed by atoms with Crippen molar-refractivity contribution >= 4 is 38.3 Å². The summed E-state index contributed by atoms with van der Waals surface area (Å²) in [7, 11) is -2.69. The number of hydrogen-bond acceptors (Lipinski definition) is 10. The monoisotopic (exact) mass is 468 g/mol. The minimum absolute atomic E-state index is 0.0297. The molecule has 168 valence electrons. The van der Waals surface area contributed by atoms with Crippen molar-refractivity contribution in [1.82, 2.24) is 19.9 Å². The second-order valence-corrected chi connectivity index (χ2v) is 8.77. The molecule has 2 aromatic heterocycles. The van der Waals surface area contributed by atoms with Gasteiger partial charge in [0.1, 0.15) is 5.75 Å². The maximum Gasteiger partial charge on any atom is 0.270 e. The van der Waals surface area contributed by atoms with Crippen LogP contribution in [0.1, 0.15) is 5.69 Å². The van der Waals surface area contributed by atoms with Crippen molar-refractivity contribution in [2.75, 3.05) is 12.4 Å². The minimum atomic E-state index is -4.04. The Labute approximate surface area is 186 Å². The summed E-state index contributed by atoms with van der Waals surface area (Å²) in [4.78, 5) is 37.4. The number of aromatic amines is 1. The number of para-hydroxylation sites is 2. The molecule has 12 nitrogen and oxygen atoms in total. The third-order valence-corrected chi connectivity index (χ3v) is 6.15. The number of aromatic nitrogens is 4. The Morgan fingerprint density at radius 1 is 1.06 bits per heavy atom. The van der Waals surface area contributed by atoms with E-state index in [0.717, 1.165) is 12.1 Å². The fourth-order valence-corrected chi connectivity index (χ4v) is 4.32. The third-order valence-electron chi connectivity index (χ3n) is 4.52. The molecule has 13 heteroatoms. The molecule has 4 aromatic rings. The molecule has 0 aliphatic carbocycles. The Morgan fingerprint density at radius 2 is 1.79 bits per heavy atom. The molecule has 0 saturated heterocycles. The van der Waals surface area contributed by atoms with Gasteiger partial charge >= 0.3 is 0 Å². The first-order valence-corrected chi connectivity index (χ1v) is 11.1. The predicted molar refractivity (Wildman–Crippen MR) is 118 cm³/mol. The van der Waals surface area contributed by atoms with Crippen LogP contribution in [-0.2, 0) is 15.6 Å². The molecule has 33 heavy (non-hydrogen) atoms. The number of anilines is 2. The quantitative estimate of drug-likeness (QED) is 0.303. The Balaban J connectivity index is 1.79. The molecule has 0 spiro atoms. The maximum atomic E-state index is 13.1. The smallest absolute Gasteiger partial charge is 0.270 e. The van der Waals surface area contributed by atoms with Crippen molar-refractivity contribution in [3.05, 3.63) is 80.8 Å². The molecule has 0 atom stereocenters. The number of benzene rings is 2. The van der Waals surface area contributed by atoms with E-state index in [1.165, 1.54) is 25.3 Å². The number of nitrogens with one attached hydrogen (secondary N) is 2. The normalized spacial score (nSPS) is 11.3. The zero-order valence-electron chi connectivity index (χ0n) is 17.0. The lowest BCUT2D eigenvalue weighted by atomic mass is 10.3. The Hall–Kier alpha value is -4.39. The second-order valence-electron chi connectivity index (χ2n) is 6.78. The molecule has 0 unspecified atom stereocenters. The summed E-state index contributed by atoms with van der Waals surface area (Å²) >= 11 is 0. The molecule has 0 aliphatic heterocycles. The summed E-state index contributed by atoms with van der Waals surface area (Å²) in [5.41, 5.74) is 0.104. The van der Waals surface area contributed by atoms with Gasteiger partial charge in [-0.1, -0.05) is 18.2 Å². The van der Waals surface area contributed by atoms with E-state index in [0.29, 0.717) is 11.0 Å². The van der Waals surface area contributed by atoms with Crippen LogP contribution in [0.25, 0.3) is 11.0 Å². The van der Waals surface area contributed by atoms with E-state index in [1.807, 2.05) is 0 Å². The number of nitro benzene ring substituents is 1. The van der Waals surface area contributed by atoms with Crippen LogP contribution in [0.3, 0.4) is 0 Å². The summed E-state index contributed by atoms with van der Waals surface area (Å²) in [5.74, 6) is -0.555. The van der Waals surface area contributed by atoms with Crippen molar-refractivity contribution in [1.29, 1.82) is 0 Å². The summed E-state index contributed by atoms with van der Waals surface area (Å²) in [5, 5.41) is 13.8. The zero-order chi connectivity index (χ0) is 23.6. The fraction of sp³-hybridized carbons (Fsp3) is 0.100. The lowest BCUT2D eigenvalue weighted by Gasteiger charge is -2.12. The average molecular weight is 468 g/mol. The standard InChI is InChI=1S/C20H16N6O6S/c1-32-18-10-17(27)23-20(24-18)25-19-16(21-14-7-2-3-8-15(14)22-19)11-33(30,31)13-6-4-5-12(9-13)26(28)29/h2-10H,11H2,1H3,(H2,22,23,24,25,27). The van der Waals surface area contributed by atoms with Crippen LogP contribution in [0, 0.1) is 10.1 Å². The van der Waals surface area contributed by atoms with E-state index < -0.39 is 26.1 Å². The number of nitrogens with zero attached hydrogens (tertiary/aromatic N) is 4. The largest absolute Gasteiger partial charge is 0.481 e. The van der Waals surface area contributed by atoms with Crippen LogP contribution in [0.15, 0.2) is 64.3 Å². The molecular formula is C20H16N6O6S. The van der Waals surface area contributed by atoms with E-state index in [4.69, 9.17) is 4.74 Å². The Bertz CT molecular complexity index is 1540. The van der Waals surface area contributed by atoms with Crippen molar-refractivity contribution in [3.63, 3.8) is 0 Å². The number of non-ortho nitro benzene ring substituents is 1. The number of nitro groups is 1. The van der Waals surface area contributed by atoms with Crippen LogP contribution in [0.4, 0.5) is 17.5 Å².